The van der Waals surface area contributed by atoms with Crippen LogP contribution in [0.2, 0.25) is 0 Å². The molecule has 4 aromatic rings. The molecule has 1 saturated carbocycles. The summed E-state index contributed by atoms with van der Waals surface area (Å²) >= 11 is 3.25. The molecule has 3 aliphatic rings. The van der Waals surface area contributed by atoms with Crippen molar-refractivity contribution in [2.45, 2.75) is 22.6 Å². The first-order valence-corrected chi connectivity index (χ1v) is 17.2. The van der Waals surface area contributed by atoms with E-state index in [1.807, 2.05) is 97.4 Å². The first-order valence-electron chi connectivity index (χ1n) is 14.7. The predicted molar refractivity (Wildman–Crippen MR) is 187 cm³/mol. The molecule has 0 amide bonds. The number of fused-ring (bicyclic) bond motifs is 2. The normalized spacial score (nSPS) is 16.1. The summed E-state index contributed by atoms with van der Waals surface area (Å²) in [7, 11) is 0. The summed E-state index contributed by atoms with van der Waals surface area (Å²) in [5, 5.41) is 0. The number of hydrogen-bond donors (Lipinski definition) is 0. The number of carbonyl (C=O) groups is 2. The van der Waals surface area contributed by atoms with E-state index in [4.69, 9.17) is 0 Å². The van der Waals surface area contributed by atoms with Crippen LogP contribution in [0.3, 0.4) is 0 Å². The number of hydrogen-bond acceptors (Lipinski definition) is 4. The smallest absolute Gasteiger partial charge is 0.214 e. The number of ketones is 2. The van der Waals surface area contributed by atoms with Crippen LogP contribution in [0.25, 0.3) is 0 Å². The van der Waals surface area contributed by atoms with Crippen molar-refractivity contribution in [3.05, 3.63) is 129 Å². The van der Waals surface area contributed by atoms with Gasteiger partial charge in [0.25, 0.3) is 0 Å². The van der Waals surface area contributed by atoms with Gasteiger partial charge in [0.15, 0.2) is 0 Å². The molecule has 7 rings (SSSR count). The Balaban J connectivity index is 1.47. The average molecular weight is 627 g/mol. The Labute approximate surface area is 279 Å². The van der Waals surface area contributed by atoms with Crippen LogP contribution >= 0.6 is 23.5 Å². The van der Waals surface area contributed by atoms with Crippen molar-refractivity contribution >= 4 is 35.1 Å². The van der Waals surface area contributed by atoms with Gasteiger partial charge in [0, 0.05) is 54.3 Å². The van der Waals surface area contributed by atoms with Crippen LogP contribution in [0.5, 0.6) is 0 Å². The van der Waals surface area contributed by atoms with E-state index >= 15 is 0 Å². The van der Waals surface area contributed by atoms with Crippen LogP contribution in [0.15, 0.2) is 94.7 Å². The second kappa shape index (κ2) is 14.2. The van der Waals surface area contributed by atoms with E-state index in [1.165, 1.54) is 0 Å². The molecule has 46 heavy (non-hydrogen) atoms. The number of carbonyl (C=O) groups excluding carboxylic acids is 2. The van der Waals surface area contributed by atoms with Crippen LogP contribution < -0.4 is 0 Å². The molecule has 0 heterocycles. The fraction of sp³-hybridized carbons (Fsp3) is 0.143. The maximum Gasteiger partial charge on any atom is 0.214 e. The first-order chi connectivity index (χ1) is 22.5. The van der Waals surface area contributed by atoms with Crippen LogP contribution in [-0.4, -0.2) is 24.1 Å². The van der Waals surface area contributed by atoms with Crippen molar-refractivity contribution in [3.63, 3.8) is 0 Å². The largest absolute Gasteiger partial charge is 0.289 e. The molecule has 2 atom stereocenters. The maximum absolute atomic E-state index is 13.2. The van der Waals surface area contributed by atoms with E-state index in [0.717, 1.165) is 54.3 Å². The van der Waals surface area contributed by atoms with Crippen molar-refractivity contribution in [1.29, 1.82) is 0 Å². The lowest BCUT2D eigenvalue weighted by Crippen LogP contribution is -2.34. The lowest BCUT2D eigenvalue weighted by atomic mass is 9.80. The van der Waals surface area contributed by atoms with Gasteiger partial charge in [-0.1, -0.05) is 71.3 Å². The van der Waals surface area contributed by atoms with E-state index in [-0.39, 0.29) is 0 Å². The monoisotopic (exact) mass is 626 g/mol. The topological polar surface area (TPSA) is 34.1 Å². The highest BCUT2D eigenvalue weighted by atomic mass is 32.2. The third-order valence-electron chi connectivity index (χ3n) is 7.59. The Bertz CT molecular complexity index is 2060. The van der Waals surface area contributed by atoms with Gasteiger partial charge in [-0.3, -0.25) is 9.59 Å². The van der Waals surface area contributed by atoms with Crippen LogP contribution in [-0.2, 0) is 9.59 Å². The molecule has 0 spiro atoms. The Morgan fingerprint density at radius 2 is 0.870 bits per heavy atom. The van der Waals surface area contributed by atoms with Gasteiger partial charge in [-0.05, 0) is 98.1 Å². The Morgan fingerprint density at radius 3 is 1.26 bits per heavy atom. The van der Waals surface area contributed by atoms with E-state index in [2.05, 4.69) is 59.2 Å². The molecule has 4 aromatic carbocycles. The molecule has 0 N–H and O–H groups in total. The van der Waals surface area contributed by atoms with Gasteiger partial charge in [-0.2, -0.15) is 0 Å². The summed E-state index contributed by atoms with van der Waals surface area (Å²) in [6.45, 7) is 0. The van der Waals surface area contributed by atoms with E-state index in [0.29, 0.717) is 12.8 Å². The third-order valence-corrected chi connectivity index (χ3v) is 9.05. The Kier molecular flexibility index (Phi) is 9.50. The van der Waals surface area contributed by atoms with Crippen LogP contribution in [0.4, 0.5) is 0 Å². The molecule has 4 heteroatoms. The van der Waals surface area contributed by atoms with Gasteiger partial charge in [-0.15, -0.1) is 23.5 Å². The van der Waals surface area contributed by atoms with Gasteiger partial charge in [0.05, 0.1) is 11.8 Å². The molecule has 6 bridgehead atoms. The fourth-order valence-corrected chi connectivity index (χ4v) is 5.92. The van der Waals surface area contributed by atoms with Crippen LogP contribution in [0.1, 0.15) is 57.3 Å². The van der Waals surface area contributed by atoms with Gasteiger partial charge in [0.1, 0.15) is 0 Å². The summed E-state index contributed by atoms with van der Waals surface area (Å²) in [6, 6.07) is 27.5. The van der Waals surface area contributed by atoms with Gasteiger partial charge >= 0.3 is 0 Å². The van der Waals surface area contributed by atoms with Gasteiger partial charge in [-0.25, -0.2) is 0 Å². The average Bonchev–Trinajstić information content (AvgIpc) is 3.09. The molecule has 2 unspecified atom stereocenters. The van der Waals surface area contributed by atoms with Gasteiger partial charge in [0.2, 0.25) is 11.6 Å². The lowest BCUT2D eigenvalue weighted by molar-refractivity contribution is -0.141. The molecule has 2 nitrogen and oxygen atoms in total. The Hall–Kier alpha value is -5.28. The molecule has 0 aromatic heterocycles. The quantitative estimate of drug-likeness (QED) is 0.134. The molecular formula is C42H26O2S2. The number of benzene rings is 4. The molecular weight excluding hydrogens is 601 g/mol. The second-order valence-corrected chi connectivity index (χ2v) is 12.4. The highest BCUT2D eigenvalue weighted by molar-refractivity contribution is 7.98. The zero-order valence-corrected chi connectivity index (χ0v) is 26.9. The SMILES string of the molecule is CSc1ccc2c(c1)C#Cc1cccc(c1)C#Cc1cccc(c1)C#Cc1cc(SC)ccc1C#CC1CCC(C#C2)C(=O)C1=O. The third kappa shape index (κ3) is 7.33. The van der Waals surface area contributed by atoms with Crippen LogP contribution in [0, 0.1) is 71.0 Å². The van der Waals surface area contributed by atoms with Crippen molar-refractivity contribution in [3.8, 4) is 59.2 Å². The minimum Gasteiger partial charge on any atom is -0.289 e. The summed E-state index contributed by atoms with van der Waals surface area (Å²) in [4.78, 5) is 28.4. The number of thioether (sulfide) groups is 2. The molecule has 0 saturated heterocycles. The van der Waals surface area contributed by atoms with E-state index in [1.54, 1.807) is 23.5 Å². The molecule has 0 radical (unpaired) electrons. The van der Waals surface area contributed by atoms with Crippen molar-refractivity contribution in [1.82, 2.24) is 0 Å². The highest BCUT2D eigenvalue weighted by Gasteiger charge is 2.35. The lowest BCUT2D eigenvalue weighted by Gasteiger charge is -2.19. The van der Waals surface area contributed by atoms with Crippen molar-refractivity contribution < 1.29 is 9.59 Å². The summed E-state index contributed by atoms with van der Waals surface area (Å²) in [5.41, 5.74) is 6.35. The maximum atomic E-state index is 13.2. The zero-order valence-electron chi connectivity index (χ0n) is 25.3. The fourth-order valence-electron chi connectivity index (χ4n) is 5.04. The summed E-state index contributed by atoms with van der Waals surface area (Å²) in [6.07, 6.45) is 4.97. The minimum atomic E-state index is -0.662. The van der Waals surface area contributed by atoms with Crippen molar-refractivity contribution in [2.24, 2.45) is 11.8 Å². The highest BCUT2D eigenvalue weighted by Crippen LogP contribution is 2.25. The Morgan fingerprint density at radius 1 is 0.478 bits per heavy atom. The molecule has 218 valence electrons. The van der Waals surface area contributed by atoms with E-state index < -0.39 is 23.4 Å². The molecule has 1 fully saturated rings. The standard InChI is InChI=1S/C42H26O2S2/c1-45-39-23-21-33-15-17-35-19-20-36(42(44)41(35)43)18-16-34-22-24-40(46-2)28-38(34)14-12-32-8-4-6-30(26-32)10-9-29-5-3-7-31(25-29)11-13-37(33)27-39/h3-8,21-28,35-36H,19-20H2,1-2H3. The first kappa shape index (κ1) is 30.7. The van der Waals surface area contributed by atoms with Gasteiger partial charge < -0.3 is 0 Å². The van der Waals surface area contributed by atoms with Crippen molar-refractivity contribution in [2.75, 3.05) is 12.5 Å². The second-order valence-electron chi connectivity index (χ2n) is 10.7. The minimum absolute atomic E-state index is 0.475. The number of rotatable bonds is 2. The number of Topliss-reactive ketones (excluding diaryl/α,β-unsaturated/α-hetero) is 2. The van der Waals surface area contributed by atoms with E-state index in [9.17, 15) is 9.59 Å². The molecule has 0 aliphatic heterocycles. The predicted octanol–water partition coefficient (Wildman–Crippen LogP) is 7.21. The zero-order chi connectivity index (χ0) is 31.9. The molecule has 3 aliphatic carbocycles. The summed E-state index contributed by atoms with van der Waals surface area (Å²) in [5.74, 6) is 29.8. The summed E-state index contributed by atoms with van der Waals surface area (Å²) < 4.78 is 0.